The standard InChI is InChI=1S/C22H22N2O5/c1-13(2)22(27)23-16-7-4-14(3)18(10-16)24-20(25)12-28-17-8-5-15-6-9-21(26)29-19(15)11-17/h4-11,13H,12H2,1-3H3,(H,23,27)(H,24,25). The molecular formula is C22H22N2O5. The SMILES string of the molecule is Cc1ccc(NC(=O)C(C)C)cc1NC(=O)COc1ccc2ccc(=O)oc2c1. The zero-order valence-electron chi connectivity index (χ0n) is 16.4. The minimum Gasteiger partial charge on any atom is -0.484 e. The van der Waals surface area contributed by atoms with Crippen molar-refractivity contribution in [1.82, 2.24) is 0 Å². The van der Waals surface area contributed by atoms with Crippen LogP contribution in [0.15, 0.2) is 57.7 Å². The van der Waals surface area contributed by atoms with E-state index in [2.05, 4.69) is 10.6 Å². The van der Waals surface area contributed by atoms with Gasteiger partial charge in [0.1, 0.15) is 11.3 Å². The predicted molar refractivity (Wildman–Crippen MR) is 111 cm³/mol. The number of carbonyl (C=O) groups is 2. The number of benzene rings is 2. The largest absolute Gasteiger partial charge is 0.484 e. The van der Waals surface area contributed by atoms with Gasteiger partial charge in [0.2, 0.25) is 5.91 Å². The van der Waals surface area contributed by atoms with Gasteiger partial charge in [-0.25, -0.2) is 4.79 Å². The van der Waals surface area contributed by atoms with Crippen molar-refractivity contribution >= 4 is 34.2 Å². The highest BCUT2D eigenvalue weighted by Crippen LogP contribution is 2.22. The molecule has 7 heteroatoms. The molecule has 29 heavy (non-hydrogen) atoms. The molecule has 0 unspecified atom stereocenters. The second kappa shape index (κ2) is 8.60. The molecule has 0 radical (unpaired) electrons. The highest BCUT2D eigenvalue weighted by Gasteiger charge is 2.11. The van der Waals surface area contributed by atoms with Crippen molar-refractivity contribution in [3.05, 3.63) is 64.5 Å². The maximum absolute atomic E-state index is 12.3. The third kappa shape index (κ3) is 5.22. The number of carbonyl (C=O) groups excluding carboxylic acids is 2. The van der Waals surface area contributed by atoms with Gasteiger partial charge in [0.15, 0.2) is 6.61 Å². The van der Waals surface area contributed by atoms with Crippen molar-refractivity contribution in [1.29, 1.82) is 0 Å². The molecule has 1 aromatic heterocycles. The lowest BCUT2D eigenvalue weighted by molar-refractivity contribution is -0.119. The quantitative estimate of drug-likeness (QED) is 0.621. The first-order chi connectivity index (χ1) is 13.8. The highest BCUT2D eigenvalue weighted by atomic mass is 16.5. The Bertz CT molecular complexity index is 1120. The first-order valence-corrected chi connectivity index (χ1v) is 9.20. The molecular weight excluding hydrogens is 372 g/mol. The molecule has 0 aliphatic carbocycles. The summed E-state index contributed by atoms with van der Waals surface area (Å²) >= 11 is 0. The van der Waals surface area contributed by atoms with Gasteiger partial charge in [-0.1, -0.05) is 19.9 Å². The Morgan fingerprint density at radius 2 is 1.79 bits per heavy atom. The van der Waals surface area contributed by atoms with Crippen molar-refractivity contribution in [2.75, 3.05) is 17.2 Å². The summed E-state index contributed by atoms with van der Waals surface area (Å²) in [5, 5.41) is 6.35. The number of hydrogen-bond donors (Lipinski definition) is 2. The number of hydrogen-bond acceptors (Lipinski definition) is 5. The number of rotatable bonds is 6. The van der Waals surface area contributed by atoms with Crippen LogP contribution in [0.1, 0.15) is 19.4 Å². The van der Waals surface area contributed by atoms with Crippen LogP contribution in [0.4, 0.5) is 11.4 Å². The van der Waals surface area contributed by atoms with Gasteiger partial charge in [0.25, 0.3) is 5.91 Å². The normalized spacial score (nSPS) is 10.8. The van der Waals surface area contributed by atoms with E-state index in [4.69, 9.17) is 9.15 Å². The summed E-state index contributed by atoms with van der Waals surface area (Å²) in [6.45, 7) is 5.25. The second-order valence-corrected chi connectivity index (χ2v) is 6.96. The van der Waals surface area contributed by atoms with Crippen LogP contribution in [-0.2, 0) is 9.59 Å². The van der Waals surface area contributed by atoms with Crippen LogP contribution in [0.25, 0.3) is 11.0 Å². The molecule has 2 aromatic carbocycles. The fraction of sp³-hybridized carbons (Fsp3) is 0.227. The van der Waals surface area contributed by atoms with Gasteiger partial charge in [-0.3, -0.25) is 9.59 Å². The van der Waals surface area contributed by atoms with Crippen LogP contribution in [0.5, 0.6) is 5.75 Å². The van der Waals surface area contributed by atoms with Crippen molar-refractivity contribution < 1.29 is 18.7 Å². The topological polar surface area (TPSA) is 97.6 Å². The number of aryl methyl sites for hydroxylation is 1. The minimum atomic E-state index is -0.452. The van der Waals surface area contributed by atoms with Gasteiger partial charge in [-0.15, -0.1) is 0 Å². The third-order valence-electron chi connectivity index (χ3n) is 4.27. The fourth-order valence-corrected chi connectivity index (χ4v) is 2.59. The molecule has 0 bridgehead atoms. The van der Waals surface area contributed by atoms with Gasteiger partial charge in [-0.05, 0) is 42.8 Å². The molecule has 7 nitrogen and oxygen atoms in total. The van der Waals surface area contributed by atoms with E-state index in [1.165, 1.54) is 6.07 Å². The van der Waals surface area contributed by atoms with Crippen LogP contribution in [0.2, 0.25) is 0 Å². The van der Waals surface area contributed by atoms with Crippen LogP contribution in [0, 0.1) is 12.8 Å². The summed E-state index contributed by atoms with van der Waals surface area (Å²) in [6, 6.07) is 13.3. The van der Waals surface area contributed by atoms with Gasteiger partial charge in [0, 0.05) is 34.8 Å². The lowest BCUT2D eigenvalue weighted by Gasteiger charge is -2.13. The number of anilines is 2. The minimum absolute atomic E-state index is 0.0996. The zero-order valence-corrected chi connectivity index (χ0v) is 16.4. The van der Waals surface area contributed by atoms with Crippen molar-refractivity contribution in [2.24, 2.45) is 5.92 Å². The van der Waals surface area contributed by atoms with Crippen LogP contribution >= 0.6 is 0 Å². The zero-order chi connectivity index (χ0) is 21.0. The van der Waals surface area contributed by atoms with Crippen molar-refractivity contribution in [3.8, 4) is 5.75 Å². The second-order valence-electron chi connectivity index (χ2n) is 6.96. The Morgan fingerprint density at radius 1 is 1.03 bits per heavy atom. The van der Waals surface area contributed by atoms with Crippen molar-refractivity contribution in [2.45, 2.75) is 20.8 Å². The van der Waals surface area contributed by atoms with E-state index in [0.717, 1.165) is 10.9 Å². The van der Waals surface area contributed by atoms with Gasteiger partial charge >= 0.3 is 5.63 Å². The lowest BCUT2D eigenvalue weighted by atomic mass is 10.1. The Balaban J connectivity index is 1.64. The third-order valence-corrected chi connectivity index (χ3v) is 4.27. The van der Waals surface area contributed by atoms with E-state index in [1.807, 2.05) is 26.8 Å². The highest BCUT2D eigenvalue weighted by molar-refractivity contribution is 5.95. The first kappa shape index (κ1) is 20.1. The van der Waals surface area contributed by atoms with E-state index in [-0.39, 0.29) is 24.3 Å². The summed E-state index contributed by atoms with van der Waals surface area (Å²) in [7, 11) is 0. The molecule has 0 aliphatic rings. The van der Waals surface area contributed by atoms with Crippen LogP contribution in [-0.4, -0.2) is 18.4 Å². The van der Waals surface area contributed by atoms with E-state index < -0.39 is 5.63 Å². The summed E-state index contributed by atoms with van der Waals surface area (Å²) in [5.74, 6) is -0.182. The molecule has 1 heterocycles. The monoisotopic (exact) mass is 394 g/mol. The number of nitrogens with one attached hydrogen (secondary N) is 2. The lowest BCUT2D eigenvalue weighted by Crippen LogP contribution is -2.21. The summed E-state index contributed by atoms with van der Waals surface area (Å²) in [6.07, 6.45) is 0. The maximum atomic E-state index is 12.3. The Kier molecular flexibility index (Phi) is 5.97. The van der Waals surface area contributed by atoms with Crippen LogP contribution < -0.4 is 21.0 Å². The molecule has 0 aliphatic heterocycles. The Hall–Kier alpha value is -3.61. The first-order valence-electron chi connectivity index (χ1n) is 9.20. The van der Waals surface area contributed by atoms with Gasteiger partial charge < -0.3 is 19.8 Å². The average Bonchev–Trinajstić information content (AvgIpc) is 2.68. The average molecular weight is 394 g/mol. The number of ether oxygens (including phenoxy) is 1. The molecule has 0 spiro atoms. The van der Waals surface area contributed by atoms with Gasteiger partial charge in [-0.2, -0.15) is 0 Å². The molecule has 0 saturated heterocycles. The molecule has 3 aromatic rings. The summed E-state index contributed by atoms with van der Waals surface area (Å²) in [5.41, 5.74) is 1.99. The summed E-state index contributed by atoms with van der Waals surface area (Å²) in [4.78, 5) is 35.5. The molecule has 0 saturated carbocycles. The molecule has 0 fully saturated rings. The number of fused-ring (bicyclic) bond motifs is 1. The molecule has 3 rings (SSSR count). The van der Waals surface area contributed by atoms with Gasteiger partial charge in [0.05, 0.1) is 0 Å². The molecule has 2 N–H and O–H groups in total. The number of amides is 2. The molecule has 150 valence electrons. The summed E-state index contributed by atoms with van der Waals surface area (Å²) < 4.78 is 10.6. The smallest absolute Gasteiger partial charge is 0.336 e. The molecule has 0 atom stereocenters. The van der Waals surface area contributed by atoms with E-state index in [1.54, 1.807) is 36.4 Å². The fourth-order valence-electron chi connectivity index (χ4n) is 2.59. The van der Waals surface area contributed by atoms with E-state index in [9.17, 15) is 14.4 Å². The van der Waals surface area contributed by atoms with E-state index >= 15 is 0 Å². The van der Waals surface area contributed by atoms with E-state index in [0.29, 0.717) is 22.7 Å². The Labute approximate surface area is 167 Å². The Morgan fingerprint density at radius 3 is 2.55 bits per heavy atom. The van der Waals surface area contributed by atoms with Crippen LogP contribution in [0.3, 0.4) is 0 Å². The maximum Gasteiger partial charge on any atom is 0.336 e. The van der Waals surface area contributed by atoms with Crippen molar-refractivity contribution in [3.63, 3.8) is 0 Å². The predicted octanol–water partition coefficient (Wildman–Crippen LogP) is 3.71. The molecule has 2 amide bonds.